The minimum Gasteiger partial charge on any atom is -0.313 e. The summed E-state index contributed by atoms with van der Waals surface area (Å²) in [6, 6.07) is 21.2. The van der Waals surface area contributed by atoms with Crippen LogP contribution in [0.25, 0.3) is 0 Å². The molecular weight excluding hydrogens is 244 g/mol. The molecule has 2 aromatic carbocycles. The summed E-state index contributed by atoms with van der Waals surface area (Å²) in [5.74, 6) is 0. The Hall–Kier alpha value is -1.64. The maximum absolute atomic E-state index is 3.49. The highest BCUT2D eigenvalue weighted by atomic mass is 15.1. The summed E-state index contributed by atoms with van der Waals surface area (Å²) in [6.07, 6.45) is 1.18. The van der Waals surface area contributed by atoms with Crippen LogP contribution in [-0.2, 0) is 13.1 Å². The SMILES string of the molecule is CN(CCCNCc1ccccc1)Cc1ccccc1. The van der Waals surface area contributed by atoms with E-state index in [1.54, 1.807) is 0 Å². The average molecular weight is 268 g/mol. The third-order valence-corrected chi connectivity index (χ3v) is 3.36. The molecule has 0 aromatic heterocycles. The molecule has 0 unspecified atom stereocenters. The van der Waals surface area contributed by atoms with Gasteiger partial charge < -0.3 is 10.2 Å². The second-order valence-electron chi connectivity index (χ2n) is 5.24. The van der Waals surface area contributed by atoms with Crippen molar-refractivity contribution in [1.29, 1.82) is 0 Å². The monoisotopic (exact) mass is 268 g/mol. The molecule has 2 aromatic rings. The van der Waals surface area contributed by atoms with E-state index >= 15 is 0 Å². The molecule has 0 radical (unpaired) electrons. The largest absolute Gasteiger partial charge is 0.313 e. The van der Waals surface area contributed by atoms with Crippen LogP contribution in [0.2, 0.25) is 0 Å². The van der Waals surface area contributed by atoms with Gasteiger partial charge in [-0.15, -0.1) is 0 Å². The first kappa shape index (κ1) is 14.8. The summed E-state index contributed by atoms with van der Waals surface area (Å²) in [5, 5.41) is 3.49. The van der Waals surface area contributed by atoms with E-state index in [2.05, 4.69) is 77.9 Å². The molecule has 0 atom stereocenters. The van der Waals surface area contributed by atoms with Gasteiger partial charge in [0.25, 0.3) is 0 Å². The van der Waals surface area contributed by atoms with Crippen molar-refractivity contribution < 1.29 is 0 Å². The van der Waals surface area contributed by atoms with Gasteiger partial charge in [0.1, 0.15) is 0 Å². The van der Waals surface area contributed by atoms with Gasteiger partial charge in [-0.3, -0.25) is 0 Å². The molecule has 0 aliphatic heterocycles. The predicted octanol–water partition coefficient (Wildman–Crippen LogP) is 3.30. The summed E-state index contributed by atoms with van der Waals surface area (Å²) in [4.78, 5) is 2.37. The highest BCUT2D eigenvalue weighted by Gasteiger charge is 1.99. The molecule has 0 saturated heterocycles. The highest BCUT2D eigenvalue weighted by Crippen LogP contribution is 2.03. The zero-order chi connectivity index (χ0) is 14.0. The Kier molecular flexibility index (Phi) is 6.28. The van der Waals surface area contributed by atoms with E-state index in [0.29, 0.717) is 0 Å². The van der Waals surface area contributed by atoms with Gasteiger partial charge in [-0.25, -0.2) is 0 Å². The van der Waals surface area contributed by atoms with Crippen LogP contribution in [-0.4, -0.2) is 25.0 Å². The van der Waals surface area contributed by atoms with E-state index in [4.69, 9.17) is 0 Å². The number of nitrogens with one attached hydrogen (secondary N) is 1. The van der Waals surface area contributed by atoms with Crippen molar-refractivity contribution in [2.45, 2.75) is 19.5 Å². The first-order valence-electron chi connectivity index (χ1n) is 7.32. The molecule has 0 fully saturated rings. The molecule has 2 nitrogen and oxygen atoms in total. The Morgan fingerprint density at radius 2 is 1.45 bits per heavy atom. The van der Waals surface area contributed by atoms with Gasteiger partial charge in [0, 0.05) is 13.1 Å². The van der Waals surface area contributed by atoms with Crippen molar-refractivity contribution >= 4 is 0 Å². The van der Waals surface area contributed by atoms with E-state index in [1.165, 1.54) is 17.5 Å². The van der Waals surface area contributed by atoms with Gasteiger partial charge >= 0.3 is 0 Å². The topological polar surface area (TPSA) is 15.3 Å². The first-order chi connectivity index (χ1) is 9.84. The van der Waals surface area contributed by atoms with Crippen molar-refractivity contribution in [2.75, 3.05) is 20.1 Å². The van der Waals surface area contributed by atoms with Crippen LogP contribution in [0, 0.1) is 0 Å². The molecule has 106 valence electrons. The number of benzene rings is 2. The van der Waals surface area contributed by atoms with Crippen molar-refractivity contribution in [3.8, 4) is 0 Å². The fourth-order valence-corrected chi connectivity index (χ4v) is 2.28. The molecule has 0 aliphatic rings. The van der Waals surface area contributed by atoms with Gasteiger partial charge in [-0.1, -0.05) is 60.7 Å². The fourth-order valence-electron chi connectivity index (χ4n) is 2.28. The molecule has 1 N–H and O–H groups in total. The van der Waals surface area contributed by atoms with Crippen LogP contribution < -0.4 is 5.32 Å². The second-order valence-corrected chi connectivity index (χ2v) is 5.24. The molecule has 0 spiro atoms. The molecule has 0 amide bonds. The standard InChI is InChI=1S/C18H24N2/c1-20(16-18-11-6-3-7-12-18)14-8-13-19-15-17-9-4-2-5-10-17/h2-7,9-12,19H,8,13-16H2,1H3. The summed E-state index contributed by atoms with van der Waals surface area (Å²) in [5.41, 5.74) is 2.73. The lowest BCUT2D eigenvalue weighted by molar-refractivity contribution is 0.319. The molecule has 2 heteroatoms. The summed E-state index contributed by atoms with van der Waals surface area (Å²) >= 11 is 0. The summed E-state index contributed by atoms with van der Waals surface area (Å²) in [7, 11) is 2.18. The minimum atomic E-state index is 0.962. The maximum Gasteiger partial charge on any atom is 0.0230 e. The van der Waals surface area contributed by atoms with Crippen molar-refractivity contribution in [3.63, 3.8) is 0 Å². The Morgan fingerprint density at radius 3 is 2.10 bits per heavy atom. The zero-order valence-electron chi connectivity index (χ0n) is 12.3. The van der Waals surface area contributed by atoms with Crippen LogP contribution in [0.1, 0.15) is 17.5 Å². The van der Waals surface area contributed by atoms with Gasteiger partial charge in [-0.05, 0) is 37.7 Å². The van der Waals surface area contributed by atoms with E-state index in [9.17, 15) is 0 Å². The zero-order valence-corrected chi connectivity index (χ0v) is 12.3. The number of rotatable bonds is 8. The highest BCUT2D eigenvalue weighted by molar-refractivity contribution is 5.14. The Labute approximate surface area is 122 Å². The maximum atomic E-state index is 3.49. The van der Waals surface area contributed by atoms with Gasteiger partial charge in [-0.2, -0.15) is 0 Å². The lowest BCUT2D eigenvalue weighted by atomic mass is 10.2. The van der Waals surface area contributed by atoms with Gasteiger partial charge in [0.15, 0.2) is 0 Å². The number of nitrogens with zero attached hydrogens (tertiary/aromatic N) is 1. The van der Waals surface area contributed by atoms with Crippen LogP contribution in [0.15, 0.2) is 60.7 Å². The fraction of sp³-hybridized carbons (Fsp3) is 0.333. The quantitative estimate of drug-likeness (QED) is 0.739. The van der Waals surface area contributed by atoms with Crippen molar-refractivity contribution in [2.24, 2.45) is 0 Å². The number of hydrogen-bond acceptors (Lipinski definition) is 2. The Balaban J connectivity index is 1.57. The van der Waals surface area contributed by atoms with Gasteiger partial charge in [0.05, 0.1) is 0 Å². The molecule has 2 rings (SSSR count). The summed E-state index contributed by atoms with van der Waals surface area (Å²) in [6.45, 7) is 4.17. The van der Waals surface area contributed by atoms with Crippen LogP contribution in [0.4, 0.5) is 0 Å². The lowest BCUT2D eigenvalue weighted by Crippen LogP contribution is -2.23. The Morgan fingerprint density at radius 1 is 0.850 bits per heavy atom. The van der Waals surface area contributed by atoms with E-state index in [0.717, 1.165) is 26.2 Å². The molecule has 0 saturated carbocycles. The molecule has 0 heterocycles. The first-order valence-corrected chi connectivity index (χ1v) is 7.32. The number of hydrogen-bond donors (Lipinski definition) is 1. The normalized spacial score (nSPS) is 10.9. The van der Waals surface area contributed by atoms with Crippen molar-refractivity contribution in [1.82, 2.24) is 10.2 Å². The third kappa shape index (κ3) is 5.55. The van der Waals surface area contributed by atoms with Crippen molar-refractivity contribution in [3.05, 3.63) is 71.8 Å². The van der Waals surface area contributed by atoms with E-state index < -0.39 is 0 Å². The average Bonchev–Trinajstić information content (AvgIpc) is 2.49. The van der Waals surface area contributed by atoms with E-state index in [1.807, 2.05) is 0 Å². The van der Waals surface area contributed by atoms with Crippen LogP contribution in [0.5, 0.6) is 0 Å². The minimum absolute atomic E-state index is 0.962. The van der Waals surface area contributed by atoms with Crippen LogP contribution >= 0.6 is 0 Å². The Bertz CT molecular complexity index is 467. The smallest absolute Gasteiger partial charge is 0.0230 e. The van der Waals surface area contributed by atoms with Crippen LogP contribution in [0.3, 0.4) is 0 Å². The molecule has 0 bridgehead atoms. The second kappa shape index (κ2) is 8.51. The van der Waals surface area contributed by atoms with Gasteiger partial charge in [0.2, 0.25) is 0 Å². The molecule has 0 aliphatic carbocycles. The molecule has 20 heavy (non-hydrogen) atoms. The van der Waals surface area contributed by atoms with E-state index in [-0.39, 0.29) is 0 Å². The lowest BCUT2D eigenvalue weighted by Gasteiger charge is -2.16. The molecular formula is C18H24N2. The predicted molar refractivity (Wildman–Crippen MR) is 85.5 cm³/mol. The third-order valence-electron chi connectivity index (χ3n) is 3.36. The summed E-state index contributed by atoms with van der Waals surface area (Å²) < 4.78 is 0.